The number of fused-ring (bicyclic) bond motifs is 1. The number of esters is 1. The van der Waals surface area contributed by atoms with Crippen molar-refractivity contribution >= 4 is 33.3 Å². The van der Waals surface area contributed by atoms with Crippen molar-refractivity contribution in [1.82, 2.24) is 0 Å². The van der Waals surface area contributed by atoms with Gasteiger partial charge in [0.2, 0.25) is 0 Å². The van der Waals surface area contributed by atoms with Gasteiger partial charge in [0, 0.05) is 11.6 Å². The number of sulfonamides is 1. The van der Waals surface area contributed by atoms with Gasteiger partial charge in [-0.05, 0) is 43.0 Å². The number of carbonyl (C=O) groups excluding carboxylic acids is 1. The molecule has 1 aromatic carbocycles. The SMILES string of the molecule is COC(=O)C12CC1CCN(c1ccc(Cl)cc1)S2(=O)=O. The predicted octanol–water partition coefficient (Wildman–Crippen LogP) is 1.81. The molecule has 1 saturated carbocycles. The normalized spacial score (nSPS) is 30.5. The van der Waals surface area contributed by atoms with Crippen LogP contribution in [0.5, 0.6) is 0 Å². The molecule has 1 aromatic rings. The summed E-state index contributed by atoms with van der Waals surface area (Å²) in [7, 11) is -2.53. The van der Waals surface area contributed by atoms with E-state index in [1.54, 1.807) is 24.3 Å². The number of carbonyl (C=O) groups is 1. The summed E-state index contributed by atoms with van der Waals surface area (Å²) in [4.78, 5) is 11.9. The van der Waals surface area contributed by atoms with Gasteiger partial charge in [-0.25, -0.2) is 8.42 Å². The van der Waals surface area contributed by atoms with Gasteiger partial charge in [0.1, 0.15) is 0 Å². The van der Waals surface area contributed by atoms with Gasteiger partial charge in [-0.2, -0.15) is 0 Å². The van der Waals surface area contributed by atoms with Crippen molar-refractivity contribution in [1.29, 1.82) is 0 Å². The molecule has 3 rings (SSSR count). The van der Waals surface area contributed by atoms with E-state index in [1.165, 1.54) is 11.4 Å². The minimum Gasteiger partial charge on any atom is -0.468 e. The Morgan fingerprint density at radius 1 is 1.40 bits per heavy atom. The van der Waals surface area contributed by atoms with Crippen molar-refractivity contribution in [3.8, 4) is 0 Å². The molecule has 0 N–H and O–H groups in total. The maximum atomic E-state index is 12.8. The van der Waals surface area contributed by atoms with Crippen molar-refractivity contribution in [3.05, 3.63) is 29.3 Å². The molecule has 2 unspecified atom stereocenters. The zero-order valence-corrected chi connectivity index (χ0v) is 12.4. The zero-order valence-electron chi connectivity index (χ0n) is 10.9. The molecule has 7 heteroatoms. The first-order valence-electron chi connectivity index (χ1n) is 6.30. The molecule has 0 amide bonds. The molecule has 2 aliphatic rings. The summed E-state index contributed by atoms with van der Waals surface area (Å²) in [6, 6.07) is 6.56. The van der Waals surface area contributed by atoms with Crippen molar-refractivity contribution in [2.24, 2.45) is 5.92 Å². The van der Waals surface area contributed by atoms with Crippen molar-refractivity contribution in [3.63, 3.8) is 0 Å². The fraction of sp³-hybridized carbons (Fsp3) is 0.462. The fourth-order valence-electron chi connectivity index (χ4n) is 2.95. The van der Waals surface area contributed by atoms with Crippen LogP contribution in [-0.2, 0) is 19.6 Å². The van der Waals surface area contributed by atoms with Crippen LogP contribution >= 0.6 is 11.6 Å². The number of anilines is 1. The van der Waals surface area contributed by atoms with Gasteiger partial charge >= 0.3 is 5.97 Å². The predicted molar refractivity (Wildman–Crippen MR) is 75.2 cm³/mol. The molecule has 108 valence electrons. The molecule has 0 spiro atoms. The molecule has 5 nitrogen and oxygen atoms in total. The van der Waals surface area contributed by atoms with Crippen molar-refractivity contribution < 1.29 is 17.9 Å². The highest BCUT2D eigenvalue weighted by Crippen LogP contribution is 2.57. The molecule has 0 bridgehead atoms. The van der Waals surface area contributed by atoms with Crippen LogP contribution < -0.4 is 4.31 Å². The Morgan fingerprint density at radius 3 is 2.65 bits per heavy atom. The van der Waals surface area contributed by atoms with Crippen LogP contribution in [-0.4, -0.2) is 32.8 Å². The van der Waals surface area contributed by atoms with Crippen LogP contribution in [0.3, 0.4) is 0 Å². The van der Waals surface area contributed by atoms with E-state index in [-0.39, 0.29) is 5.92 Å². The van der Waals surface area contributed by atoms with E-state index >= 15 is 0 Å². The average molecular weight is 316 g/mol. The third kappa shape index (κ3) is 1.67. The van der Waals surface area contributed by atoms with E-state index in [9.17, 15) is 13.2 Å². The summed E-state index contributed by atoms with van der Waals surface area (Å²) >= 11 is 5.82. The van der Waals surface area contributed by atoms with Crippen LogP contribution in [0.25, 0.3) is 0 Å². The molecule has 1 saturated heterocycles. The number of halogens is 1. The maximum absolute atomic E-state index is 12.8. The molecular weight excluding hydrogens is 302 g/mol. The number of rotatable bonds is 2. The van der Waals surface area contributed by atoms with E-state index in [0.717, 1.165) is 0 Å². The number of hydrogen-bond donors (Lipinski definition) is 0. The Kier molecular flexibility index (Phi) is 2.99. The van der Waals surface area contributed by atoms with Gasteiger partial charge < -0.3 is 4.74 Å². The standard InChI is InChI=1S/C13H14ClNO4S/c1-19-12(16)13-8-9(13)6-7-15(20(13,17)18)11-4-2-10(14)3-5-11/h2-5,9H,6-8H2,1H3. The number of methoxy groups -OCH3 is 1. The largest absolute Gasteiger partial charge is 0.468 e. The first-order valence-corrected chi connectivity index (χ1v) is 8.11. The second-order valence-corrected chi connectivity index (χ2v) is 7.68. The molecule has 0 aromatic heterocycles. The lowest BCUT2D eigenvalue weighted by Crippen LogP contribution is -2.50. The number of ether oxygens (including phenoxy) is 1. The Bertz CT molecular complexity index is 657. The second-order valence-electron chi connectivity index (χ2n) is 5.12. The lowest BCUT2D eigenvalue weighted by atomic mass is 10.2. The van der Waals surface area contributed by atoms with Crippen LogP contribution in [0.15, 0.2) is 24.3 Å². The monoisotopic (exact) mass is 315 g/mol. The van der Waals surface area contributed by atoms with Gasteiger partial charge in [-0.15, -0.1) is 0 Å². The van der Waals surface area contributed by atoms with Crippen LogP contribution in [0, 0.1) is 5.92 Å². The Labute approximate surface area is 122 Å². The fourth-order valence-corrected chi connectivity index (χ4v) is 5.46. The van der Waals surface area contributed by atoms with E-state index in [0.29, 0.717) is 30.1 Å². The lowest BCUT2D eigenvalue weighted by molar-refractivity contribution is -0.141. The second kappa shape index (κ2) is 4.36. The molecule has 2 atom stereocenters. The highest BCUT2D eigenvalue weighted by atomic mass is 35.5. The minimum atomic E-state index is -3.75. The van der Waals surface area contributed by atoms with E-state index in [1.807, 2.05) is 0 Å². The molecule has 1 aliphatic carbocycles. The minimum absolute atomic E-state index is 0.122. The van der Waals surface area contributed by atoms with Gasteiger partial charge in [0.25, 0.3) is 10.0 Å². The third-order valence-electron chi connectivity index (χ3n) is 4.13. The zero-order chi connectivity index (χ0) is 14.5. The Hall–Kier alpha value is -1.27. The van der Waals surface area contributed by atoms with E-state index in [2.05, 4.69) is 0 Å². The molecule has 2 fully saturated rings. The number of nitrogens with zero attached hydrogens (tertiary/aromatic N) is 1. The van der Waals surface area contributed by atoms with Gasteiger partial charge in [0.15, 0.2) is 4.75 Å². The molecule has 20 heavy (non-hydrogen) atoms. The smallest absolute Gasteiger partial charge is 0.329 e. The maximum Gasteiger partial charge on any atom is 0.329 e. The molecule has 1 heterocycles. The first-order chi connectivity index (χ1) is 9.43. The molecule has 0 radical (unpaired) electrons. The van der Waals surface area contributed by atoms with Crippen molar-refractivity contribution in [2.75, 3.05) is 18.0 Å². The Balaban J connectivity index is 2.02. The quantitative estimate of drug-likeness (QED) is 0.781. The van der Waals surface area contributed by atoms with Crippen LogP contribution in [0.4, 0.5) is 5.69 Å². The van der Waals surface area contributed by atoms with Crippen LogP contribution in [0.1, 0.15) is 12.8 Å². The highest BCUT2D eigenvalue weighted by Gasteiger charge is 2.73. The topological polar surface area (TPSA) is 63.7 Å². The first kappa shape index (κ1) is 13.7. The molecule has 1 aliphatic heterocycles. The van der Waals surface area contributed by atoms with Gasteiger partial charge in [0.05, 0.1) is 12.8 Å². The van der Waals surface area contributed by atoms with E-state index in [4.69, 9.17) is 16.3 Å². The van der Waals surface area contributed by atoms with Crippen LogP contribution in [0.2, 0.25) is 5.02 Å². The summed E-state index contributed by atoms with van der Waals surface area (Å²) in [5, 5.41) is 0.537. The summed E-state index contributed by atoms with van der Waals surface area (Å²) in [6.07, 6.45) is 1.02. The van der Waals surface area contributed by atoms with Gasteiger partial charge in [-0.3, -0.25) is 9.10 Å². The summed E-state index contributed by atoms with van der Waals surface area (Å²) in [6.45, 7) is 0.382. The average Bonchev–Trinajstić information content (AvgIpc) is 3.16. The summed E-state index contributed by atoms with van der Waals surface area (Å²) in [5.41, 5.74) is 0.531. The van der Waals surface area contributed by atoms with E-state index < -0.39 is 20.7 Å². The lowest BCUT2D eigenvalue weighted by Gasteiger charge is -2.32. The number of hydrogen-bond acceptors (Lipinski definition) is 4. The summed E-state index contributed by atoms with van der Waals surface area (Å²) in [5.74, 6) is -0.773. The van der Waals surface area contributed by atoms with Gasteiger partial charge in [-0.1, -0.05) is 11.6 Å². The highest BCUT2D eigenvalue weighted by molar-refractivity contribution is 7.95. The Morgan fingerprint density at radius 2 is 2.05 bits per heavy atom. The number of benzene rings is 1. The third-order valence-corrected chi connectivity index (χ3v) is 6.94. The summed E-state index contributed by atoms with van der Waals surface area (Å²) < 4.78 is 30.1. The molecular formula is C13H14ClNO4S. The van der Waals surface area contributed by atoms with Crippen molar-refractivity contribution in [2.45, 2.75) is 17.6 Å².